The van der Waals surface area contributed by atoms with Gasteiger partial charge in [0, 0.05) is 20.8 Å². The first-order chi connectivity index (χ1) is 23.9. The van der Waals surface area contributed by atoms with Gasteiger partial charge in [-0.15, -0.1) is 18.2 Å². The van der Waals surface area contributed by atoms with E-state index in [0.29, 0.717) is 0 Å². The number of carbonyl (C=O) groups excluding carboxylic acids is 5. The van der Waals surface area contributed by atoms with Crippen LogP contribution >= 0.6 is 11.8 Å². The van der Waals surface area contributed by atoms with Crippen LogP contribution in [0.5, 0.6) is 0 Å². The summed E-state index contributed by atoms with van der Waals surface area (Å²) < 4.78 is 45.8. The molecule has 2 heterocycles. The molecule has 0 aliphatic carbocycles. The third-order valence-corrected chi connectivity index (χ3v) is 9.06. The Labute approximate surface area is 293 Å². The second-order valence-corrected chi connectivity index (χ2v) is 12.6. The topological polar surface area (TPSA) is 179 Å². The van der Waals surface area contributed by atoms with E-state index in [1.165, 1.54) is 12.1 Å². The highest BCUT2D eigenvalue weighted by Gasteiger charge is 2.55. The molecule has 0 bridgehead atoms. The second-order valence-electron chi connectivity index (χ2n) is 11.3. The molecule has 15 heteroatoms. The number of carbonyl (C=O) groups is 5. The van der Waals surface area contributed by atoms with Crippen LogP contribution in [-0.2, 0) is 52.3 Å². The van der Waals surface area contributed by atoms with Crippen molar-refractivity contribution in [1.82, 2.24) is 0 Å². The van der Waals surface area contributed by atoms with Crippen LogP contribution in [0, 0.1) is 12.3 Å². The highest BCUT2D eigenvalue weighted by atomic mass is 32.2. The van der Waals surface area contributed by atoms with Gasteiger partial charge in [-0.3, -0.25) is 14.4 Å². The number of terminal acetylenes is 1. The average Bonchev–Trinajstić information content (AvgIpc) is 3.08. The van der Waals surface area contributed by atoms with E-state index in [4.69, 9.17) is 44.3 Å². The highest BCUT2D eigenvalue weighted by molar-refractivity contribution is 8.00. The fourth-order valence-corrected chi connectivity index (χ4v) is 6.95. The minimum atomic E-state index is -1.60. The minimum absolute atomic E-state index is 0.179. The summed E-state index contributed by atoms with van der Waals surface area (Å²) in [5.74, 6) is -1.42. The predicted octanol–water partition coefficient (Wildman–Crippen LogP) is 2.45. The monoisotopic (exact) mass is 714 g/mol. The summed E-state index contributed by atoms with van der Waals surface area (Å²) in [6.45, 7) is 4.26. The number of aliphatic hydroxyl groups excluding tert-OH is 1. The van der Waals surface area contributed by atoms with Crippen LogP contribution in [0.3, 0.4) is 0 Å². The van der Waals surface area contributed by atoms with Crippen LogP contribution in [0.2, 0.25) is 0 Å². The summed E-state index contributed by atoms with van der Waals surface area (Å²) in [7, 11) is 0. The van der Waals surface area contributed by atoms with Gasteiger partial charge in [0.25, 0.3) is 0 Å². The predicted molar refractivity (Wildman–Crippen MR) is 174 cm³/mol. The first-order valence-corrected chi connectivity index (χ1v) is 16.5. The van der Waals surface area contributed by atoms with Crippen LogP contribution in [0.1, 0.15) is 48.4 Å². The van der Waals surface area contributed by atoms with Crippen LogP contribution < -0.4 is 0 Å². The summed E-state index contributed by atoms with van der Waals surface area (Å²) in [5.41, 5.74) is -0.768. The average molecular weight is 715 g/mol. The van der Waals surface area contributed by atoms with Crippen molar-refractivity contribution in [2.24, 2.45) is 0 Å². The van der Waals surface area contributed by atoms with Crippen molar-refractivity contribution in [3.63, 3.8) is 0 Å². The number of aliphatic hydroxyl groups is 1. The van der Waals surface area contributed by atoms with E-state index in [-0.39, 0.29) is 17.7 Å². The Morgan fingerprint density at radius 2 is 1.30 bits per heavy atom. The molecule has 0 saturated carbocycles. The normalized spacial score (nSPS) is 29.0. The third kappa shape index (κ3) is 10.1. The van der Waals surface area contributed by atoms with Gasteiger partial charge < -0.3 is 43.0 Å². The molecular formula is C35H38O14S. The van der Waals surface area contributed by atoms with E-state index in [1.54, 1.807) is 55.5 Å². The van der Waals surface area contributed by atoms with Gasteiger partial charge in [0.1, 0.15) is 30.9 Å². The lowest BCUT2D eigenvalue weighted by atomic mass is 10.00. The Bertz CT molecular complexity index is 1530. The Kier molecular flexibility index (Phi) is 13.8. The first-order valence-electron chi connectivity index (χ1n) is 15.6. The van der Waals surface area contributed by atoms with Crippen LogP contribution in [0.4, 0.5) is 0 Å². The number of rotatable bonds is 12. The number of hydrogen-bond acceptors (Lipinski definition) is 15. The lowest BCUT2D eigenvalue weighted by Gasteiger charge is -2.47. The molecule has 14 nitrogen and oxygen atoms in total. The number of benzene rings is 2. The molecule has 0 spiro atoms. The molecule has 0 aromatic heterocycles. The zero-order chi connectivity index (χ0) is 36.4. The Morgan fingerprint density at radius 1 is 0.760 bits per heavy atom. The van der Waals surface area contributed by atoms with Gasteiger partial charge in [-0.25, -0.2) is 9.59 Å². The van der Waals surface area contributed by atoms with E-state index < -0.39 is 96.2 Å². The standard InChI is InChI=1S/C35H38O14S/c1-6-17-42-34-28(49-33(41)24-15-11-8-12-16-24)26(39)31(25(48-34)18-43-32(40)23-13-9-7-10-14-23)50-35-30(47-22(5)38)29(46-21(4)37)27(19(2)44-35)45-20(3)36/h1,7-16,19,25-31,34-35,39H,17-18H2,2-5H3/t19?,25?,26?,27-,28?,29?,30?,31+,34+,35-/m0/s1. The van der Waals surface area contributed by atoms with Crippen molar-refractivity contribution in [3.05, 3.63) is 71.8 Å². The molecule has 50 heavy (non-hydrogen) atoms. The fraction of sp³-hybridized carbons (Fsp3) is 0.457. The smallest absolute Gasteiger partial charge is 0.338 e. The van der Waals surface area contributed by atoms with E-state index >= 15 is 0 Å². The molecule has 268 valence electrons. The SMILES string of the molecule is C#CCO[C@@H]1OC(COC(=O)c2ccccc2)[C@@H](S[C@@H]2OC(C)[C@H](OC(C)=O)C(OC(C)=O)C2OC(C)=O)C(O)C1OC(=O)c1ccccc1. The van der Waals surface area contributed by atoms with Crippen LogP contribution in [-0.4, -0.2) is 108 Å². The Hall–Kier alpha value is -4.46. The Morgan fingerprint density at radius 3 is 1.86 bits per heavy atom. The summed E-state index contributed by atoms with van der Waals surface area (Å²) in [4.78, 5) is 62.6. The first kappa shape index (κ1) is 38.3. The van der Waals surface area contributed by atoms with E-state index in [0.717, 1.165) is 32.5 Å². The molecule has 2 aromatic carbocycles. The summed E-state index contributed by atoms with van der Waals surface area (Å²) in [6.07, 6.45) is -5.00. The van der Waals surface area contributed by atoms with Gasteiger partial charge >= 0.3 is 29.8 Å². The minimum Gasteiger partial charge on any atom is -0.459 e. The van der Waals surface area contributed by atoms with E-state index in [2.05, 4.69) is 5.92 Å². The van der Waals surface area contributed by atoms with Crippen LogP contribution in [0.25, 0.3) is 0 Å². The van der Waals surface area contributed by atoms with Crippen LogP contribution in [0.15, 0.2) is 60.7 Å². The van der Waals surface area contributed by atoms with E-state index in [9.17, 15) is 29.1 Å². The molecule has 2 aromatic rings. The molecule has 2 aliphatic heterocycles. The molecule has 2 saturated heterocycles. The maximum atomic E-state index is 13.2. The molecule has 4 rings (SSSR count). The molecule has 10 atom stereocenters. The van der Waals surface area contributed by atoms with Gasteiger partial charge in [-0.2, -0.15) is 0 Å². The number of thioether (sulfide) groups is 1. The van der Waals surface area contributed by atoms with Crippen molar-refractivity contribution in [2.75, 3.05) is 13.2 Å². The van der Waals surface area contributed by atoms with Gasteiger partial charge in [-0.1, -0.05) is 42.3 Å². The van der Waals surface area contributed by atoms with Crippen molar-refractivity contribution in [3.8, 4) is 12.3 Å². The summed E-state index contributed by atoms with van der Waals surface area (Å²) >= 11 is 0.879. The Balaban J connectivity index is 1.70. The maximum absolute atomic E-state index is 13.2. The molecule has 2 fully saturated rings. The van der Waals surface area contributed by atoms with Gasteiger partial charge in [0.2, 0.25) is 0 Å². The molecule has 0 amide bonds. The number of esters is 5. The second kappa shape index (κ2) is 18.0. The highest BCUT2D eigenvalue weighted by Crippen LogP contribution is 2.41. The molecule has 1 N–H and O–H groups in total. The van der Waals surface area contributed by atoms with Gasteiger partial charge in [0.05, 0.1) is 22.5 Å². The fourth-order valence-electron chi connectivity index (χ4n) is 5.40. The van der Waals surface area contributed by atoms with Crippen molar-refractivity contribution < 1.29 is 67.0 Å². The lowest BCUT2D eigenvalue weighted by molar-refractivity contribution is -0.264. The van der Waals surface area contributed by atoms with Gasteiger partial charge in [-0.05, 0) is 31.2 Å². The molecule has 0 radical (unpaired) electrons. The largest absolute Gasteiger partial charge is 0.459 e. The van der Waals surface area contributed by atoms with E-state index in [1.807, 2.05) is 0 Å². The van der Waals surface area contributed by atoms with Gasteiger partial charge in [0.15, 0.2) is 30.7 Å². The zero-order valence-electron chi connectivity index (χ0n) is 27.7. The summed E-state index contributed by atoms with van der Waals surface area (Å²) in [6, 6.07) is 16.2. The molecular weight excluding hydrogens is 676 g/mol. The number of ether oxygens (including phenoxy) is 8. The quantitative estimate of drug-likeness (QED) is 0.192. The van der Waals surface area contributed by atoms with Crippen molar-refractivity contribution >= 4 is 41.6 Å². The zero-order valence-corrected chi connectivity index (χ0v) is 28.5. The van der Waals surface area contributed by atoms with Crippen molar-refractivity contribution in [2.45, 2.75) is 87.4 Å². The molecule has 2 aliphatic rings. The maximum Gasteiger partial charge on any atom is 0.338 e. The third-order valence-electron chi connectivity index (χ3n) is 7.51. The van der Waals surface area contributed by atoms with Crippen molar-refractivity contribution in [1.29, 1.82) is 0 Å². The summed E-state index contributed by atoms with van der Waals surface area (Å²) in [5, 5.41) is 10.8. The number of hydrogen-bond donors (Lipinski definition) is 1. The molecule has 6 unspecified atom stereocenters. The lowest BCUT2D eigenvalue weighted by Crippen LogP contribution is -2.63.